The van der Waals surface area contributed by atoms with Gasteiger partial charge in [0.25, 0.3) is 5.91 Å². The van der Waals surface area contributed by atoms with Crippen molar-refractivity contribution in [2.24, 2.45) is 5.92 Å². The zero-order valence-corrected chi connectivity index (χ0v) is 23.2. The number of carbonyl (C=O) groups is 1. The first-order valence-electron chi connectivity index (χ1n) is 13.9. The number of carbonyl (C=O) groups excluding carboxylic acids is 1. The van der Waals surface area contributed by atoms with Gasteiger partial charge in [-0.1, -0.05) is 23.7 Å². The zero-order valence-electron chi connectivity index (χ0n) is 22.5. The number of pyridine rings is 2. The van der Waals surface area contributed by atoms with Crippen molar-refractivity contribution >= 4 is 34.4 Å². The third kappa shape index (κ3) is 5.23. The van der Waals surface area contributed by atoms with Gasteiger partial charge in [-0.3, -0.25) is 18.9 Å². The second-order valence-electron chi connectivity index (χ2n) is 11.0. The molecule has 40 heavy (non-hydrogen) atoms. The van der Waals surface area contributed by atoms with Crippen molar-refractivity contribution in [2.45, 2.75) is 57.7 Å². The first-order valence-corrected chi connectivity index (χ1v) is 14.3. The summed E-state index contributed by atoms with van der Waals surface area (Å²) in [5.41, 5.74) is 3.57. The number of fused-ring (bicyclic) bond motifs is 1. The number of aliphatic hydroxyl groups is 1. The number of para-hydroxylation sites is 2. The molecule has 0 unspecified atom stereocenters. The first-order chi connectivity index (χ1) is 19.4. The lowest BCUT2D eigenvalue weighted by molar-refractivity contribution is 0.0919. The Balaban J connectivity index is 1.16. The monoisotopic (exact) mass is 560 g/mol. The number of halogens is 1. The molecule has 1 saturated carbocycles. The SMILES string of the molecule is Cc1ncc(Cl)cc1C(=O)NC1CCC(Cn2c(=O)n(-c3ccc(N4CC[C@H](O)C4)nc3)c3ccccc32)CC1. The minimum Gasteiger partial charge on any atom is -0.391 e. The Labute approximate surface area is 237 Å². The van der Waals surface area contributed by atoms with Crippen molar-refractivity contribution in [3.8, 4) is 5.69 Å². The van der Waals surface area contributed by atoms with Crippen LogP contribution in [0.2, 0.25) is 5.02 Å². The zero-order chi connectivity index (χ0) is 27.8. The number of hydrogen-bond donors (Lipinski definition) is 2. The van der Waals surface area contributed by atoms with Gasteiger partial charge in [-0.15, -0.1) is 0 Å². The maximum absolute atomic E-state index is 13.8. The molecular weight excluding hydrogens is 528 g/mol. The fourth-order valence-corrected chi connectivity index (χ4v) is 6.19. The molecule has 208 valence electrons. The number of anilines is 1. The predicted octanol–water partition coefficient (Wildman–Crippen LogP) is 4.10. The van der Waals surface area contributed by atoms with Crippen LogP contribution in [-0.2, 0) is 6.54 Å². The maximum atomic E-state index is 13.8. The van der Waals surface area contributed by atoms with E-state index in [1.807, 2.05) is 41.0 Å². The highest BCUT2D eigenvalue weighted by molar-refractivity contribution is 6.30. The summed E-state index contributed by atoms with van der Waals surface area (Å²) < 4.78 is 3.61. The van der Waals surface area contributed by atoms with Crippen molar-refractivity contribution in [3.63, 3.8) is 0 Å². The Morgan fingerprint density at radius 3 is 2.52 bits per heavy atom. The number of nitrogens with one attached hydrogen (secondary N) is 1. The van der Waals surface area contributed by atoms with Crippen molar-refractivity contribution in [1.29, 1.82) is 0 Å². The van der Waals surface area contributed by atoms with E-state index in [1.54, 1.807) is 30.0 Å². The Morgan fingerprint density at radius 1 is 1.05 bits per heavy atom. The number of aromatic nitrogens is 4. The van der Waals surface area contributed by atoms with Crippen molar-refractivity contribution in [1.82, 2.24) is 24.4 Å². The minimum absolute atomic E-state index is 0.0771. The molecule has 1 aliphatic carbocycles. The fraction of sp³-hybridized carbons (Fsp3) is 0.400. The smallest absolute Gasteiger partial charge is 0.333 e. The Kier molecular flexibility index (Phi) is 7.33. The lowest BCUT2D eigenvalue weighted by atomic mass is 9.85. The van der Waals surface area contributed by atoms with Crippen LogP contribution in [0.3, 0.4) is 0 Å². The molecule has 1 atom stereocenters. The second kappa shape index (κ2) is 11.1. The number of β-amino-alcohol motifs (C(OH)–C–C–N with tert-alkyl or cyclic N) is 1. The first kappa shape index (κ1) is 26.5. The van der Waals surface area contributed by atoms with Crippen LogP contribution < -0.4 is 15.9 Å². The molecule has 4 heterocycles. The summed E-state index contributed by atoms with van der Waals surface area (Å²) in [6, 6.07) is 13.5. The van der Waals surface area contributed by atoms with Gasteiger partial charge in [-0.2, -0.15) is 0 Å². The molecule has 0 radical (unpaired) electrons. The van der Waals surface area contributed by atoms with Gasteiger partial charge in [-0.25, -0.2) is 9.78 Å². The molecule has 6 rings (SSSR count). The van der Waals surface area contributed by atoms with E-state index in [1.165, 1.54) is 0 Å². The van der Waals surface area contributed by atoms with Gasteiger partial charge >= 0.3 is 5.69 Å². The molecule has 3 aromatic heterocycles. The maximum Gasteiger partial charge on any atom is 0.333 e. The van der Waals surface area contributed by atoms with Crippen LogP contribution in [-0.4, -0.2) is 55.4 Å². The molecule has 2 N–H and O–H groups in total. The Morgan fingerprint density at radius 2 is 1.82 bits per heavy atom. The van der Waals surface area contributed by atoms with Crippen LogP contribution in [0, 0.1) is 12.8 Å². The summed E-state index contributed by atoms with van der Waals surface area (Å²) in [5, 5.41) is 13.5. The summed E-state index contributed by atoms with van der Waals surface area (Å²) in [6.07, 6.45) is 7.25. The van der Waals surface area contributed by atoms with Crippen LogP contribution in [0.4, 0.5) is 5.82 Å². The molecule has 0 spiro atoms. The number of benzene rings is 1. The van der Waals surface area contributed by atoms with Gasteiger partial charge in [0.05, 0.1) is 45.3 Å². The summed E-state index contributed by atoms with van der Waals surface area (Å²) >= 11 is 6.05. The van der Waals surface area contributed by atoms with Gasteiger partial charge in [-0.05, 0) is 75.3 Å². The van der Waals surface area contributed by atoms with Gasteiger partial charge < -0.3 is 15.3 Å². The highest BCUT2D eigenvalue weighted by Gasteiger charge is 2.26. The lowest BCUT2D eigenvalue weighted by Gasteiger charge is -2.29. The van der Waals surface area contributed by atoms with Crippen LogP contribution in [0.1, 0.15) is 48.2 Å². The van der Waals surface area contributed by atoms with E-state index in [2.05, 4.69) is 20.2 Å². The van der Waals surface area contributed by atoms with E-state index < -0.39 is 0 Å². The van der Waals surface area contributed by atoms with E-state index in [-0.39, 0.29) is 23.7 Å². The van der Waals surface area contributed by atoms with E-state index in [0.29, 0.717) is 35.3 Å². The molecule has 2 aliphatic rings. The molecule has 2 fully saturated rings. The number of rotatable bonds is 6. The molecule has 9 nitrogen and oxygen atoms in total. The molecule has 1 amide bonds. The van der Waals surface area contributed by atoms with E-state index in [9.17, 15) is 14.7 Å². The summed E-state index contributed by atoms with van der Waals surface area (Å²) in [7, 11) is 0. The standard InChI is InChI=1S/C30H33ClN6O3/c1-19-25(14-21(31)15-32-19)29(39)34-22-8-6-20(7-9-22)17-36-26-4-2-3-5-27(26)37(30(36)40)23-10-11-28(33-16-23)35-13-12-24(38)18-35/h2-5,10-11,14-16,20,22,24,38H,6-9,12-13,17-18H2,1H3,(H,34,39)/t20?,22?,24-/m0/s1. The summed E-state index contributed by atoms with van der Waals surface area (Å²) in [6.45, 7) is 3.78. The minimum atomic E-state index is -0.321. The van der Waals surface area contributed by atoms with Crippen LogP contribution in [0.25, 0.3) is 16.7 Å². The molecule has 10 heteroatoms. The van der Waals surface area contributed by atoms with Crippen molar-refractivity contribution in [2.75, 3.05) is 18.0 Å². The molecule has 4 aromatic rings. The van der Waals surface area contributed by atoms with Gasteiger partial charge in [0, 0.05) is 31.9 Å². The average molecular weight is 561 g/mol. The highest BCUT2D eigenvalue weighted by atomic mass is 35.5. The second-order valence-corrected chi connectivity index (χ2v) is 11.4. The molecule has 0 bridgehead atoms. The summed E-state index contributed by atoms with van der Waals surface area (Å²) in [5.74, 6) is 1.00. The predicted molar refractivity (Wildman–Crippen MR) is 155 cm³/mol. The molecule has 1 aromatic carbocycles. The number of nitrogens with zero attached hydrogens (tertiary/aromatic N) is 5. The number of hydrogen-bond acceptors (Lipinski definition) is 6. The largest absolute Gasteiger partial charge is 0.391 e. The third-order valence-corrected chi connectivity index (χ3v) is 8.44. The quantitative estimate of drug-likeness (QED) is 0.368. The number of aliphatic hydroxyl groups excluding tert-OH is 1. The normalized spacial score (nSPS) is 21.2. The molecule has 1 saturated heterocycles. The lowest BCUT2D eigenvalue weighted by Crippen LogP contribution is -2.39. The third-order valence-electron chi connectivity index (χ3n) is 8.23. The average Bonchev–Trinajstić information content (AvgIpc) is 3.52. The van der Waals surface area contributed by atoms with Crippen LogP contribution >= 0.6 is 11.6 Å². The van der Waals surface area contributed by atoms with Crippen molar-refractivity contribution < 1.29 is 9.90 Å². The number of imidazole rings is 1. The molecular formula is C30H33ClN6O3. The van der Waals surface area contributed by atoms with Crippen molar-refractivity contribution in [3.05, 3.63) is 81.6 Å². The van der Waals surface area contributed by atoms with Crippen LogP contribution in [0.5, 0.6) is 0 Å². The Bertz CT molecular complexity index is 1590. The Hall–Kier alpha value is -3.69. The number of aryl methyl sites for hydroxylation is 1. The van der Waals surface area contributed by atoms with Gasteiger partial charge in [0.1, 0.15) is 5.82 Å². The molecule has 1 aliphatic heterocycles. The highest BCUT2D eigenvalue weighted by Crippen LogP contribution is 2.28. The fourth-order valence-electron chi connectivity index (χ4n) is 6.03. The van der Waals surface area contributed by atoms with E-state index >= 15 is 0 Å². The topological polar surface area (TPSA) is 105 Å². The summed E-state index contributed by atoms with van der Waals surface area (Å²) in [4.78, 5) is 37.4. The van der Waals surface area contributed by atoms with E-state index in [0.717, 1.165) is 61.2 Å². The van der Waals surface area contributed by atoms with E-state index in [4.69, 9.17) is 11.6 Å². The van der Waals surface area contributed by atoms with Gasteiger partial charge in [0.15, 0.2) is 0 Å². The van der Waals surface area contributed by atoms with Crippen LogP contribution in [0.15, 0.2) is 59.7 Å². The van der Waals surface area contributed by atoms with Gasteiger partial charge in [0.2, 0.25) is 0 Å². The number of amides is 1.